The van der Waals surface area contributed by atoms with E-state index < -0.39 is 5.97 Å². The Morgan fingerprint density at radius 1 is 1.39 bits per heavy atom. The molecular weight excluding hydrogens is 252 g/mol. The standard InChI is InChI=1S/C12H12N2O3S/c1-18-7-6-14-11(15)9-5-3-2-4-8(9)10(13-14)12(16)17/h2-5H,6-7H2,1H3,(H,16,17). The van der Waals surface area contributed by atoms with Gasteiger partial charge in [0.1, 0.15) is 0 Å². The maximum Gasteiger partial charge on any atom is 0.357 e. The number of aromatic carboxylic acids is 1. The van der Waals surface area contributed by atoms with Crippen LogP contribution in [0.3, 0.4) is 0 Å². The number of nitrogens with zero attached hydrogens (tertiary/aromatic N) is 2. The SMILES string of the molecule is CSCCn1nc(C(=O)O)c2ccccc2c1=O. The summed E-state index contributed by atoms with van der Waals surface area (Å²) in [5.41, 5.74) is -0.323. The molecule has 1 aromatic heterocycles. The van der Waals surface area contributed by atoms with E-state index in [1.54, 1.807) is 36.0 Å². The molecule has 0 atom stereocenters. The van der Waals surface area contributed by atoms with Gasteiger partial charge in [-0.3, -0.25) is 4.79 Å². The van der Waals surface area contributed by atoms with E-state index in [1.165, 1.54) is 4.68 Å². The highest BCUT2D eigenvalue weighted by Crippen LogP contribution is 2.13. The minimum Gasteiger partial charge on any atom is -0.476 e. The molecule has 0 bridgehead atoms. The van der Waals surface area contributed by atoms with E-state index >= 15 is 0 Å². The number of hydrogen-bond donors (Lipinski definition) is 1. The molecule has 0 radical (unpaired) electrons. The lowest BCUT2D eigenvalue weighted by molar-refractivity contribution is 0.0690. The van der Waals surface area contributed by atoms with Crippen molar-refractivity contribution in [2.24, 2.45) is 0 Å². The number of benzene rings is 1. The molecule has 0 aliphatic carbocycles. The van der Waals surface area contributed by atoms with Gasteiger partial charge in [-0.15, -0.1) is 0 Å². The topological polar surface area (TPSA) is 72.2 Å². The molecule has 0 saturated carbocycles. The number of aromatic nitrogens is 2. The van der Waals surface area contributed by atoms with Crippen molar-refractivity contribution in [2.75, 3.05) is 12.0 Å². The summed E-state index contributed by atoms with van der Waals surface area (Å²) in [6.45, 7) is 0.408. The van der Waals surface area contributed by atoms with Crippen LogP contribution in [0.15, 0.2) is 29.1 Å². The summed E-state index contributed by atoms with van der Waals surface area (Å²) < 4.78 is 1.22. The fourth-order valence-corrected chi connectivity index (χ4v) is 2.08. The zero-order chi connectivity index (χ0) is 13.1. The number of fused-ring (bicyclic) bond motifs is 1. The van der Waals surface area contributed by atoms with E-state index in [-0.39, 0.29) is 11.3 Å². The molecule has 1 aromatic carbocycles. The van der Waals surface area contributed by atoms with Gasteiger partial charge in [0.05, 0.1) is 11.9 Å². The molecule has 2 aromatic rings. The van der Waals surface area contributed by atoms with Crippen molar-refractivity contribution in [3.63, 3.8) is 0 Å². The van der Waals surface area contributed by atoms with Crippen LogP contribution in [-0.4, -0.2) is 32.9 Å². The van der Waals surface area contributed by atoms with Gasteiger partial charge in [-0.05, 0) is 12.3 Å². The van der Waals surface area contributed by atoms with Crippen molar-refractivity contribution in [1.29, 1.82) is 0 Å². The molecule has 18 heavy (non-hydrogen) atoms. The molecule has 1 N–H and O–H groups in total. The minimum atomic E-state index is -1.12. The smallest absolute Gasteiger partial charge is 0.357 e. The molecule has 0 aliphatic rings. The maximum absolute atomic E-state index is 12.1. The summed E-state index contributed by atoms with van der Waals surface area (Å²) in [4.78, 5) is 23.3. The summed E-state index contributed by atoms with van der Waals surface area (Å²) in [5, 5.41) is 13.8. The van der Waals surface area contributed by atoms with Gasteiger partial charge in [0.25, 0.3) is 5.56 Å². The molecule has 1 heterocycles. The van der Waals surface area contributed by atoms with Gasteiger partial charge in [-0.1, -0.05) is 18.2 Å². The fourth-order valence-electron chi connectivity index (χ4n) is 1.72. The highest BCUT2D eigenvalue weighted by Gasteiger charge is 2.14. The van der Waals surface area contributed by atoms with Gasteiger partial charge in [-0.2, -0.15) is 16.9 Å². The molecule has 5 nitrogen and oxygen atoms in total. The largest absolute Gasteiger partial charge is 0.476 e. The predicted molar refractivity (Wildman–Crippen MR) is 71.3 cm³/mol. The number of aryl methyl sites for hydroxylation is 1. The average molecular weight is 264 g/mol. The van der Waals surface area contributed by atoms with E-state index in [1.807, 2.05) is 6.26 Å². The van der Waals surface area contributed by atoms with Crippen LogP contribution >= 0.6 is 11.8 Å². The lowest BCUT2D eigenvalue weighted by Crippen LogP contribution is -2.26. The molecule has 0 saturated heterocycles. The van der Waals surface area contributed by atoms with Crippen LogP contribution in [0.5, 0.6) is 0 Å². The second kappa shape index (κ2) is 5.22. The summed E-state index contributed by atoms with van der Waals surface area (Å²) in [6, 6.07) is 6.64. The fraction of sp³-hybridized carbons (Fsp3) is 0.250. The van der Waals surface area contributed by atoms with Crippen LogP contribution in [0.4, 0.5) is 0 Å². The van der Waals surface area contributed by atoms with Crippen molar-refractivity contribution in [2.45, 2.75) is 6.54 Å². The van der Waals surface area contributed by atoms with E-state index in [2.05, 4.69) is 5.10 Å². The Morgan fingerprint density at radius 2 is 2.06 bits per heavy atom. The van der Waals surface area contributed by atoms with Crippen LogP contribution < -0.4 is 5.56 Å². The van der Waals surface area contributed by atoms with Crippen molar-refractivity contribution < 1.29 is 9.90 Å². The van der Waals surface area contributed by atoms with Crippen molar-refractivity contribution in [3.05, 3.63) is 40.3 Å². The number of carbonyl (C=O) groups is 1. The number of carboxylic acid groups (broad SMARTS) is 1. The summed E-state index contributed by atoms with van der Waals surface area (Å²) in [7, 11) is 0. The predicted octanol–water partition coefficient (Wildman–Crippen LogP) is 1.46. The minimum absolute atomic E-state index is 0.0775. The van der Waals surface area contributed by atoms with Crippen LogP contribution in [0, 0.1) is 0 Å². The summed E-state index contributed by atoms with van der Waals surface area (Å²) in [5.74, 6) is -0.409. The summed E-state index contributed by atoms with van der Waals surface area (Å²) in [6.07, 6.45) is 1.92. The Morgan fingerprint density at radius 3 is 2.67 bits per heavy atom. The number of carboxylic acids is 1. The van der Waals surface area contributed by atoms with Gasteiger partial charge >= 0.3 is 5.97 Å². The normalized spacial score (nSPS) is 10.7. The first-order chi connectivity index (χ1) is 8.65. The van der Waals surface area contributed by atoms with E-state index in [0.29, 0.717) is 23.1 Å². The van der Waals surface area contributed by atoms with Gasteiger partial charge in [0.15, 0.2) is 5.69 Å². The van der Waals surface area contributed by atoms with Crippen molar-refractivity contribution >= 4 is 28.5 Å². The molecular formula is C12H12N2O3S. The third-order valence-electron chi connectivity index (χ3n) is 2.58. The lowest BCUT2D eigenvalue weighted by atomic mass is 10.1. The van der Waals surface area contributed by atoms with Crippen molar-refractivity contribution in [1.82, 2.24) is 9.78 Å². The zero-order valence-corrected chi connectivity index (χ0v) is 10.6. The third kappa shape index (κ3) is 2.24. The van der Waals surface area contributed by atoms with Crippen LogP contribution in [0.2, 0.25) is 0 Å². The second-order valence-corrected chi connectivity index (χ2v) is 4.71. The first-order valence-electron chi connectivity index (χ1n) is 5.37. The quantitative estimate of drug-likeness (QED) is 0.905. The van der Waals surface area contributed by atoms with Crippen LogP contribution in [0.25, 0.3) is 10.8 Å². The van der Waals surface area contributed by atoms with Gasteiger partial charge in [0.2, 0.25) is 0 Å². The van der Waals surface area contributed by atoms with Gasteiger partial charge < -0.3 is 5.11 Å². The molecule has 0 amide bonds. The highest BCUT2D eigenvalue weighted by molar-refractivity contribution is 7.98. The molecule has 2 rings (SSSR count). The number of thioether (sulfide) groups is 1. The first kappa shape index (κ1) is 12.6. The molecule has 0 fully saturated rings. The monoisotopic (exact) mass is 264 g/mol. The van der Waals surface area contributed by atoms with Crippen LogP contribution in [-0.2, 0) is 6.54 Å². The lowest BCUT2D eigenvalue weighted by Gasteiger charge is -2.07. The molecule has 94 valence electrons. The molecule has 0 aliphatic heterocycles. The Bertz CT molecular complexity index is 651. The Kier molecular flexibility index (Phi) is 3.66. The van der Waals surface area contributed by atoms with E-state index in [0.717, 1.165) is 0 Å². The van der Waals surface area contributed by atoms with E-state index in [4.69, 9.17) is 5.11 Å². The molecule has 6 heteroatoms. The molecule has 0 spiro atoms. The van der Waals surface area contributed by atoms with Gasteiger partial charge in [-0.25, -0.2) is 9.48 Å². The zero-order valence-electron chi connectivity index (χ0n) is 9.79. The van der Waals surface area contributed by atoms with Crippen molar-refractivity contribution in [3.8, 4) is 0 Å². The number of hydrogen-bond acceptors (Lipinski definition) is 4. The second-order valence-electron chi connectivity index (χ2n) is 3.72. The Hall–Kier alpha value is -1.82. The number of rotatable bonds is 4. The van der Waals surface area contributed by atoms with E-state index in [9.17, 15) is 9.59 Å². The Balaban J connectivity index is 2.71. The van der Waals surface area contributed by atoms with Gasteiger partial charge in [0, 0.05) is 11.1 Å². The Labute approximate surface area is 107 Å². The maximum atomic E-state index is 12.1. The van der Waals surface area contributed by atoms with Crippen LogP contribution in [0.1, 0.15) is 10.5 Å². The third-order valence-corrected chi connectivity index (χ3v) is 3.17. The highest BCUT2D eigenvalue weighted by atomic mass is 32.2. The average Bonchev–Trinajstić information content (AvgIpc) is 2.38. The summed E-state index contributed by atoms with van der Waals surface area (Å²) >= 11 is 1.58. The molecule has 0 unspecified atom stereocenters. The first-order valence-corrected chi connectivity index (χ1v) is 6.76.